The highest BCUT2D eigenvalue weighted by atomic mass is 16.5. The average Bonchev–Trinajstić information content (AvgIpc) is 2.49. The Kier molecular flexibility index (Phi) is 7.56. The molecule has 1 rings (SSSR count). The number of Topliss-reactive ketones (excluding diaryl/α,β-unsaturated/α-hetero) is 1. The molecule has 126 valence electrons. The molecule has 1 aliphatic carbocycles. The molecule has 0 aromatic heterocycles. The van der Waals surface area contributed by atoms with E-state index in [9.17, 15) is 14.4 Å². The predicted molar refractivity (Wildman–Crippen MR) is 82.2 cm³/mol. The van der Waals surface area contributed by atoms with Crippen LogP contribution in [0, 0.1) is 11.3 Å². The molecule has 0 spiro atoms. The summed E-state index contributed by atoms with van der Waals surface area (Å²) in [5.41, 5.74) is -1.16. The number of ketones is 1. The van der Waals surface area contributed by atoms with E-state index in [1.807, 2.05) is 13.8 Å². The van der Waals surface area contributed by atoms with Crippen molar-refractivity contribution in [2.75, 3.05) is 13.2 Å². The molecule has 0 aromatic rings. The largest absolute Gasteiger partial charge is 0.466 e. The van der Waals surface area contributed by atoms with Crippen molar-refractivity contribution in [3.63, 3.8) is 0 Å². The van der Waals surface area contributed by atoms with Crippen LogP contribution in [-0.2, 0) is 23.9 Å². The van der Waals surface area contributed by atoms with Gasteiger partial charge in [0.2, 0.25) is 0 Å². The molecule has 1 fully saturated rings. The Bertz CT molecular complexity index is 404. The molecule has 1 saturated carbocycles. The molecule has 1 aliphatic rings. The van der Waals surface area contributed by atoms with Crippen molar-refractivity contribution in [1.29, 1.82) is 0 Å². The molecule has 22 heavy (non-hydrogen) atoms. The van der Waals surface area contributed by atoms with Gasteiger partial charge in [-0.25, -0.2) is 0 Å². The minimum atomic E-state index is -1.16. The van der Waals surface area contributed by atoms with Crippen molar-refractivity contribution in [2.45, 2.75) is 65.7 Å². The van der Waals surface area contributed by atoms with E-state index in [4.69, 9.17) is 9.47 Å². The van der Waals surface area contributed by atoms with Gasteiger partial charge in [-0.1, -0.05) is 26.7 Å². The molecule has 2 unspecified atom stereocenters. The maximum atomic E-state index is 12.6. The third-order valence-corrected chi connectivity index (χ3v) is 4.34. The zero-order chi connectivity index (χ0) is 16.6. The van der Waals surface area contributed by atoms with E-state index in [1.54, 1.807) is 6.92 Å². The number of hydrogen-bond donors (Lipinski definition) is 0. The number of carbonyl (C=O) groups is 3. The first-order valence-electron chi connectivity index (χ1n) is 8.35. The first-order valence-corrected chi connectivity index (χ1v) is 8.35. The lowest BCUT2D eigenvalue weighted by molar-refractivity contribution is -0.165. The lowest BCUT2D eigenvalue weighted by Crippen LogP contribution is -2.46. The molecule has 5 nitrogen and oxygen atoms in total. The summed E-state index contributed by atoms with van der Waals surface area (Å²) in [6.07, 6.45) is 4.12. The van der Waals surface area contributed by atoms with Crippen LogP contribution in [-0.4, -0.2) is 30.9 Å². The minimum Gasteiger partial charge on any atom is -0.466 e. The molecular formula is C17H28O5. The monoisotopic (exact) mass is 312 g/mol. The van der Waals surface area contributed by atoms with Crippen LogP contribution >= 0.6 is 0 Å². The Hall–Kier alpha value is -1.39. The van der Waals surface area contributed by atoms with E-state index in [2.05, 4.69) is 0 Å². The smallest absolute Gasteiger partial charge is 0.319 e. The van der Waals surface area contributed by atoms with Crippen LogP contribution in [0.5, 0.6) is 0 Å². The summed E-state index contributed by atoms with van der Waals surface area (Å²) in [7, 11) is 0. The Morgan fingerprint density at radius 1 is 1.27 bits per heavy atom. The van der Waals surface area contributed by atoms with Gasteiger partial charge in [-0.3, -0.25) is 14.4 Å². The van der Waals surface area contributed by atoms with Crippen molar-refractivity contribution < 1.29 is 23.9 Å². The number of ether oxygens (including phenoxy) is 2. The summed E-state index contributed by atoms with van der Waals surface area (Å²) in [5.74, 6) is -1.07. The summed E-state index contributed by atoms with van der Waals surface area (Å²) in [6.45, 7) is 6.22. The standard InChI is InChI=1S/C17H28O5/c1-4-6-12-22-14(18)9-11-17(16(20)21-5-2)10-7-8-13(3)15(17)19/h13H,4-12H2,1-3H3. The van der Waals surface area contributed by atoms with Gasteiger partial charge in [-0.15, -0.1) is 0 Å². The van der Waals surface area contributed by atoms with Gasteiger partial charge in [0, 0.05) is 12.3 Å². The van der Waals surface area contributed by atoms with Crippen molar-refractivity contribution in [3.05, 3.63) is 0 Å². The van der Waals surface area contributed by atoms with Crippen LogP contribution < -0.4 is 0 Å². The quantitative estimate of drug-likeness (QED) is 0.391. The van der Waals surface area contributed by atoms with Crippen LogP contribution in [0.3, 0.4) is 0 Å². The molecule has 2 atom stereocenters. The third kappa shape index (κ3) is 4.55. The van der Waals surface area contributed by atoms with Gasteiger partial charge in [0.25, 0.3) is 0 Å². The molecule has 5 heteroatoms. The SMILES string of the molecule is CCCCOC(=O)CCC1(C(=O)OCC)CCCC(C)C1=O. The maximum Gasteiger partial charge on any atom is 0.319 e. The van der Waals surface area contributed by atoms with E-state index in [0.29, 0.717) is 13.0 Å². The zero-order valence-electron chi connectivity index (χ0n) is 14.0. The molecule has 0 aliphatic heterocycles. The van der Waals surface area contributed by atoms with Crippen molar-refractivity contribution in [2.24, 2.45) is 11.3 Å². The van der Waals surface area contributed by atoms with Gasteiger partial charge >= 0.3 is 11.9 Å². The van der Waals surface area contributed by atoms with E-state index in [-0.39, 0.29) is 37.1 Å². The number of hydrogen-bond acceptors (Lipinski definition) is 5. The topological polar surface area (TPSA) is 69.7 Å². The van der Waals surface area contributed by atoms with Crippen LogP contribution in [0.2, 0.25) is 0 Å². The second kappa shape index (κ2) is 8.91. The minimum absolute atomic E-state index is 0.0843. The van der Waals surface area contributed by atoms with Gasteiger partial charge in [0.05, 0.1) is 13.2 Å². The van der Waals surface area contributed by atoms with Gasteiger partial charge in [-0.05, 0) is 32.6 Å². The number of esters is 2. The zero-order valence-corrected chi connectivity index (χ0v) is 14.0. The van der Waals surface area contributed by atoms with E-state index < -0.39 is 11.4 Å². The molecule has 0 bridgehead atoms. The van der Waals surface area contributed by atoms with Crippen molar-refractivity contribution >= 4 is 17.7 Å². The molecule has 0 saturated heterocycles. The van der Waals surface area contributed by atoms with Crippen LogP contribution in [0.15, 0.2) is 0 Å². The summed E-state index contributed by atoms with van der Waals surface area (Å²) in [6, 6.07) is 0. The average molecular weight is 312 g/mol. The van der Waals surface area contributed by atoms with E-state index in [0.717, 1.165) is 25.7 Å². The third-order valence-electron chi connectivity index (χ3n) is 4.34. The molecule has 0 heterocycles. The fraction of sp³-hybridized carbons (Fsp3) is 0.824. The van der Waals surface area contributed by atoms with Gasteiger partial charge < -0.3 is 9.47 Å². The molecule has 0 N–H and O–H groups in total. The Morgan fingerprint density at radius 2 is 2.00 bits per heavy atom. The van der Waals surface area contributed by atoms with E-state index in [1.165, 1.54) is 0 Å². The second-order valence-electron chi connectivity index (χ2n) is 6.03. The van der Waals surface area contributed by atoms with Crippen LogP contribution in [0.4, 0.5) is 0 Å². The predicted octanol–water partition coefficient (Wildman–Crippen LogP) is 3.05. The highest BCUT2D eigenvalue weighted by Crippen LogP contribution is 2.41. The highest BCUT2D eigenvalue weighted by molar-refractivity contribution is 6.05. The van der Waals surface area contributed by atoms with E-state index >= 15 is 0 Å². The second-order valence-corrected chi connectivity index (χ2v) is 6.03. The number of unbranched alkanes of at least 4 members (excludes halogenated alkanes) is 1. The molecule has 0 amide bonds. The summed E-state index contributed by atoms with van der Waals surface area (Å²) in [4.78, 5) is 36.7. The van der Waals surface area contributed by atoms with Gasteiger partial charge in [0.1, 0.15) is 5.41 Å². The fourth-order valence-electron chi connectivity index (χ4n) is 2.98. The summed E-state index contributed by atoms with van der Waals surface area (Å²) < 4.78 is 10.2. The van der Waals surface area contributed by atoms with Crippen LogP contribution in [0.25, 0.3) is 0 Å². The fourth-order valence-corrected chi connectivity index (χ4v) is 2.98. The Balaban J connectivity index is 2.73. The Morgan fingerprint density at radius 3 is 2.64 bits per heavy atom. The Labute approximate surface area is 132 Å². The normalized spacial score (nSPS) is 24.9. The highest BCUT2D eigenvalue weighted by Gasteiger charge is 2.50. The molecular weight excluding hydrogens is 284 g/mol. The molecule has 0 radical (unpaired) electrons. The summed E-state index contributed by atoms with van der Waals surface area (Å²) in [5, 5.41) is 0. The van der Waals surface area contributed by atoms with Crippen molar-refractivity contribution in [3.8, 4) is 0 Å². The van der Waals surface area contributed by atoms with Crippen LogP contribution in [0.1, 0.15) is 65.7 Å². The van der Waals surface area contributed by atoms with Crippen molar-refractivity contribution in [1.82, 2.24) is 0 Å². The van der Waals surface area contributed by atoms with Gasteiger partial charge in [-0.2, -0.15) is 0 Å². The van der Waals surface area contributed by atoms with Gasteiger partial charge in [0.15, 0.2) is 5.78 Å². The molecule has 0 aromatic carbocycles. The summed E-state index contributed by atoms with van der Waals surface area (Å²) >= 11 is 0. The number of rotatable bonds is 8. The first-order chi connectivity index (χ1) is 10.5. The number of carbonyl (C=O) groups excluding carboxylic acids is 3. The maximum absolute atomic E-state index is 12.6. The first kappa shape index (κ1) is 18.7. The lowest BCUT2D eigenvalue weighted by Gasteiger charge is -2.36. The lowest BCUT2D eigenvalue weighted by atomic mass is 9.66.